The third-order valence-electron chi connectivity index (χ3n) is 4.92. The smallest absolute Gasteiger partial charge is 0.259 e. The van der Waals surface area contributed by atoms with Gasteiger partial charge in [0.15, 0.2) is 0 Å². The highest BCUT2D eigenvalue weighted by Gasteiger charge is 2.21. The summed E-state index contributed by atoms with van der Waals surface area (Å²) in [5.41, 5.74) is 3.57. The Morgan fingerprint density at radius 1 is 1.31 bits per heavy atom. The molecule has 0 atom stereocenters. The normalized spacial score (nSPS) is 13.5. The van der Waals surface area contributed by atoms with Crippen LogP contribution in [0.5, 0.6) is 5.75 Å². The van der Waals surface area contributed by atoms with Crippen LogP contribution in [-0.4, -0.2) is 29.0 Å². The number of aromatic nitrogens is 2. The standard InChI is InChI=1S/C20H23N3O2S/c1-12-7-8-15(25-3)13(9-12)10-23(2)11-17-21-19(24)18-14-5-4-6-16(14)26-20(18)22-17/h7-9H,4-6,10-11H2,1-3H3,(H,21,22,24). The summed E-state index contributed by atoms with van der Waals surface area (Å²) in [6.45, 7) is 3.39. The number of aromatic amines is 1. The molecule has 0 bridgehead atoms. The van der Waals surface area contributed by atoms with Crippen LogP contribution in [0, 0.1) is 6.92 Å². The van der Waals surface area contributed by atoms with Crippen LogP contribution in [0.2, 0.25) is 0 Å². The Hall–Kier alpha value is -2.18. The minimum Gasteiger partial charge on any atom is -0.496 e. The number of ether oxygens (including phenoxy) is 1. The molecule has 4 rings (SSSR count). The highest BCUT2D eigenvalue weighted by molar-refractivity contribution is 7.18. The fraction of sp³-hybridized carbons (Fsp3) is 0.400. The molecule has 1 aliphatic rings. The molecule has 0 saturated heterocycles. The number of nitrogens with zero attached hydrogens (tertiary/aromatic N) is 2. The summed E-state index contributed by atoms with van der Waals surface area (Å²) in [5.74, 6) is 1.60. The predicted molar refractivity (Wildman–Crippen MR) is 105 cm³/mol. The van der Waals surface area contributed by atoms with Crippen molar-refractivity contribution in [2.75, 3.05) is 14.2 Å². The summed E-state index contributed by atoms with van der Waals surface area (Å²) >= 11 is 1.68. The first-order valence-electron chi connectivity index (χ1n) is 8.90. The Bertz CT molecular complexity index is 1020. The molecular formula is C20H23N3O2S. The molecule has 1 aromatic carbocycles. The number of methoxy groups -OCH3 is 1. The Labute approximate surface area is 156 Å². The van der Waals surface area contributed by atoms with Gasteiger partial charge in [0.1, 0.15) is 16.4 Å². The van der Waals surface area contributed by atoms with Gasteiger partial charge in [0.05, 0.1) is 19.0 Å². The Kier molecular flexibility index (Phi) is 4.54. The van der Waals surface area contributed by atoms with Gasteiger partial charge in [0, 0.05) is 17.0 Å². The Balaban J connectivity index is 1.57. The van der Waals surface area contributed by atoms with Crippen LogP contribution in [0.25, 0.3) is 10.2 Å². The molecule has 0 unspecified atom stereocenters. The average Bonchev–Trinajstić information content (AvgIpc) is 3.15. The van der Waals surface area contributed by atoms with E-state index in [-0.39, 0.29) is 5.56 Å². The predicted octanol–water partition coefficient (Wildman–Crippen LogP) is 3.42. The van der Waals surface area contributed by atoms with Gasteiger partial charge < -0.3 is 9.72 Å². The van der Waals surface area contributed by atoms with Crippen molar-refractivity contribution in [2.45, 2.75) is 39.3 Å². The van der Waals surface area contributed by atoms with Crippen LogP contribution in [0.1, 0.15) is 33.8 Å². The van der Waals surface area contributed by atoms with Gasteiger partial charge in [0.25, 0.3) is 5.56 Å². The summed E-state index contributed by atoms with van der Waals surface area (Å²) in [4.78, 5) is 24.7. The van der Waals surface area contributed by atoms with E-state index in [1.165, 1.54) is 16.0 Å². The van der Waals surface area contributed by atoms with Crippen LogP contribution >= 0.6 is 11.3 Å². The van der Waals surface area contributed by atoms with E-state index in [1.807, 2.05) is 19.2 Å². The van der Waals surface area contributed by atoms with Crippen molar-refractivity contribution >= 4 is 21.6 Å². The summed E-state index contributed by atoms with van der Waals surface area (Å²) in [6, 6.07) is 6.18. The molecule has 0 spiro atoms. The van der Waals surface area contributed by atoms with Crippen molar-refractivity contribution in [2.24, 2.45) is 0 Å². The molecule has 2 aromatic heterocycles. The molecule has 0 radical (unpaired) electrons. The van der Waals surface area contributed by atoms with Crippen molar-refractivity contribution < 1.29 is 4.74 Å². The summed E-state index contributed by atoms with van der Waals surface area (Å²) in [6.07, 6.45) is 3.24. The number of fused-ring (bicyclic) bond motifs is 3. The average molecular weight is 369 g/mol. The molecular weight excluding hydrogens is 346 g/mol. The Morgan fingerprint density at radius 2 is 2.15 bits per heavy atom. The lowest BCUT2D eigenvalue weighted by Crippen LogP contribution is -2.22. The zero-order valence-corrected chi connectivity index (χ0v) is 16.2. The molecule has 0 aliphatic heterocycles. The van der Waals surface area contributed by atoms with Crippen LogP contribution in [0.15, 0.2) is 23.0 Å². The fourth-order valence-corrected chi connectivity index (χ4v) is 5.04. The minimum absolute atomic E-state index is 0.00550. The number of benzene rings is 1. The van der Waals surface area contributed by atoms with Crippen molar-refractivity contribution in [3.05, 3.63) is 55.9 Å². The number of rotatable bonds is 5. The highest BCUT2D eigenvalue weighted by atomic mass is 32.1. The molecule has 26 heavy (non-hydrogen) atoms. The summed E-state index contributed by atoms with van der Waals surface area (Å²) < 4.78 is 5.46. The Morgan fingerprint density at radius 3 is 2.96 bits per heavy atom. The van der Waals surface area contributed by atoms with Crippen molar-refractivity contribution in [3.63, 3.8) is 0 Å². The van der Waals surface area contributed by atoms with E-state index in [1.54, 1.807) is 18.4 Å². The third-order valence-corrected chi connectivity index (χ3v) is 6.11. The second-order valence-corrected chi connectivity index (χ2v) is 8.12. The van der Waals surface area contributed by atoms with E-state index in [0.29, 0.717) is 6.54 Å². The van der Waals surface area contributed by atoms with Crippen LogP contribution < -0.4 is 10.3 Å². The number of hydrogen-bond acceptors (Lipinski definition) is 5. The second kappa shape index (κ2) is 6.85. The van der Waals surface area contributed by atoms with E-state index < -0.39 is 0 Å². The van der Waals surface area contributed by atoms with Gasteiger partial charge in [-0.25, -0.2) is 4.98 Å². The highest BCUT2D eigenvalue weighted by Crippen LogP contribution is 2.34. The second-order valence-electron chi connectivity index (χ2n) is 7.04. The first kappa shape index (κ1) is 17.2. The summed E-state index contributed by atoms with van der Waals surface area (Å²) in [5, 5.41) is 0.814. The molecule has 3 aromatic rings. The van der Waals surface area contributed by atoms with E-state index in [4.69, 9.17) is 9.72 Å². The first-order valence-corrected chi connectivity index (χ1v) is 9.72. The SMILES string of the molecule is COc1ccc(C)cc1CN(C)Cc1nc2sc3c(c2c(=O)[nH]1)CCC3. The molecule has 136 valence electrons. The number of hydrogen-bond donors (Lipinski definition) is 1. The molecule has 1 aliphatic carbocycles. The lowest BCUT2D eigenvalue weighted by molar-refractivity contribution is 0.302. The van der Waals surface area contributed by atoms with Crippen LogP contribution in [-0.2, 0) is 25.9 Å². The molecule has 2 heterocycles. The number of aryl methyl sites for hydroxylation is 3. The van der Waals surface area contributed by atoms with Gasteiger partial charge >= 0.3 is 0 Å². The van der Waals surface area contributed by atoms with Gasteiger partial charge in [-0.15, -0.1) is 11.3 Å². The topological polar surface area (TPSA) is 58.2 Å². The largest absolute Gasteiger partial charge is 0.496 e. The first-order chi connectivity index (χ1) is 12.5. The van der Waals surface area contributed by atoms with Crippen molar-refractivity contribution in [3.8, 4) is 5.75 Å². The number of nitrogens with one attached hydrogen (secondary N) is 1. The third kappa shape index (κ3) is 3.15. The molecule has 0 fully saturated rings. The van der Waals surface area contributed by atoms with Gasteiger partial charge in [-0.1, -0.05) is 17.7 Å². The van der Waals surface area contributed by atoms with Gasteiger partial charge in [0.2, 0.25) is 0 Å². The van der Waals surface area contributed by atoms with Crippen LogP contribution in [0.3, 0.4) is 0 Å². The summed E-state index contributed by atoms with van der Waals surface area (Å²) in [7, 11) is 3.72. The quantitative estimate of drug-likeness (QED) is 0.749. The van der Waals surface area contributed by atoms with E-state index >= 15 is 0 Å². The molecule has 5 nitrogen and oxygen atoms in total. The molecule has 6 heteroatoms. The van der Waals surface area contributed by atoms with Crippen molar-refractivity contribution in [1.29, 1.82) is 0 Å². The molecule has 0 saturated carbocycles. The maximum atomic E-state index is 12.6. The number of H-pyrrole nitrogens is 1. The lowest BCUT2D eigenvalue weighted by atomic mass is 10.1. The minimum atomic E-state index is 0.00550. The monoisotopic (exact) mass is 369 g/mol. The van der Waals surface area contributed by atoms with Gasteiger partial charge in [-0.05, 0) is 44.9 Å². The van der Waals surface area contributed by atoms with Crippen molar-refractivity contribution in [1.82, 2.24) is 14.9 Å². The lowest BCUT2D eigenvalue weighted by Gasteiger charge is -2.18. The zero-order valence-electron chi connectivity index (χ0n) is 15.4. The van der Waals surface area contributed by atoms with E-state index in [2.05, 4.69) is 22.9 Å². The molecule has 0 amide bonds. The van der Waals surface area contributed by atoms with Gasteiger partial charge in [-0.2, -0.15) is 0 Å². The van der Waals surface area contributed by atoms with Crippen LogP contribution in [0.4, 0.5) is 0 Å². The fourth-order valence-electron chi connectivity index (χ4n) is 3.76. The molecule has 1 N–H and O–H groups in total. The maximum Gasteiger partial charge on any atom is 0.259 e. The van der Waals surface area contributed by atoms with E-state index in [9.17, 15) is 4.79 Å². The number of thiophene rings is 1. The zero-order chi connectivity index (χ0) is 18.3. The maximum absolute atomic E-state index is 12.6. The van der Waals surface area contributed by atoms with E-state index in [0.717, 1.165) is 53.2 Å². The van der Waals surface area contributed by atoms with Gasteiger partial charge in [-0.3, -0.25) is 9.69 Å².